The normalized spacial score (nSPS) is 12.0. The van der Waals surface area contributed by atoms with Gasteiger partial charge in [-0.15, -0.1) is 0 Å². The fourth-order valence-electron chi connectivity index (χ4n) is 1.26. The van der Waals surface area contributed by atoms with E-state index in [-0.39, 0.29) is 0 Å². The summed E-state index contributed by atoms with van der Waals surface area (Å²) >= 11 is 0. The highest BCUT2D eigenvalue weighted by atomic mass is 16.4. The quantitative estimate of drug-likeness (QED) is 0.556. The van der Waals surface area contributed by atoms with Crippen molar-refractivity contribution >= 4 is 5.97 Å². The van der Waals surface area contributed by atoms with E-state index in [2.05, 4.69) is 6.92 Å². The first-order valence-corrected chi connectivity index (χ1v) is 4.80. The fraction of sp³-hybridized carbons (Fsp3) is 0.800. The first-order chi connectivity index (χ1) is 6.22. The lowest BCUT2D eigenvalue weighted by Crippen LogP contribution is -2.31. The molecule has 13 heavy (non-hydrogen) atoms. The topological polar surface area (TPSA) is 63.9 Å². The van der Waals surface area contributed by atoms with Crippen molar-refractivity contribution in [3.63, 3.8) is 0 Å². The third kappa shape index (κ3) is 6.15. The van der Waals surface area contributed by atoms with Crippen LogP contribution in [0.3, 0.4) is 0 Å². The number of carbonyl (C=O) groups is 1. The number of aliphatic carboxylic acids is 1. The number of hydrogen-bond donors (Lipinski definition) is 0. The highest BCUT2D eigenvalue weighted by Crippen LogP contribution is 2.14. The molecule has 0 heterocycles. The number of carboxylic acids is 1. The van der Waals surface area contributed by atoms with Crippen LogP contribution in [0, 0.1) is 17.2 Å². The molecular weight excluding hydrogens is 166 g/mol. The second-order valence-electron chi connectivity index (χ2n) is 3.21. The van der Waals surface area contributed by atoms with Gasteiger partial charge in [0.25, 0.3) is 0 Å². The molecule has 0 saturated carbocycles. The summed E-state index contributed by atoms with van der Waals surface area (Å²) < 4.78 is 0. The Kier molecular flexibility index (Phi) is 6.99. The highest BCUT2D eigenvalue weighted by molar-refractivity contribution is 5.67. The van der Waals surface area contributed by atoms with E-state index in [4.69, 9.17) is 5.26 Å². The van der Waals surface area contributed by atoms with Crippen molar-refractivity contribution in [1.29, 1.82) is 5.26 Å². The standard InChI is InChI=1S/C10H17NO2/c1-2-3-4-6-9(10(12)13)7-5-8-11/h9H,2-7H2,1H3,(H,12,13)/p-1/t9-/m0/s1. The van der Waals surface area contributed by atoms with Crippen LogP contribution in [0.25, 0.3) is 0 Å². The summed E-state index contributed by atoms with van der Waals surface area (Å²) in [5.41, 5.74) is 0. The van der Waals surface area contributed by atoms with Crippen LogP contribution in [-0.2, 0) is 4.79 Å². The van der Waals surface area contributed by atoms with E-state index in [9.17, 15) is 9.90 Å². The third-order valence-corrected chi connectivity index (χ3v) is 2.09. The van der Waals surface area contributed by atoms with Crippen LogP contribution >= 0.6 is 0 Å². The van der Waals surface area contributed by atoms with Crippen molar-refractivity contribution in [2.75, 3.05) is 0 Å². The molecule has 74 valence electrons. The van der Waals surface area contributed by atoms with Crippen LogP contribution < -0.4 is 5.11 Å². The molecule has 0 amide bonds. The molecular formula is C10H16NO2-. The van der Waals surface area contributed by atoms with Crippen molar-refractivity contribution in [1.82, 2.24) is 0 Å². The average Bonchev–Trinajstić information content (AvgIpc) is 2.10. The van der Waals surface area contributed by atoms with E-state index < -0.39 is 11.9 Å². The maximum atomic E-state index is 10.6. The Hall–Kier alpha value is -1.04. The molecule has 0 radical (unpaired) electrons. The van der Waals surface area contributed by atoms with Gasteiger partial charge in [0.1, 0.15) is 0 Å². The van der Waals surface area contributed by atoms with Crippen molar-refractivity contribution in [3.8, 4) is 6.07 Å². The number of unbranched alkanes of at least 4 members (excludes halogenated alkanes) is 2. The Morgan fingerprint density at radius 3 is 2.62 bits per heavy atom. The molecule has 0 aromatic carbocycles. The smallest absolute Gasteiger partial charge is 0.0621 e. The van der Waals surface area contributed by atoms with Crippen molar-refractivity contribution < 1.29 is 9.90 Å². The number of hydrogen-bond acceptors (Lipinski definition) is 3. The van der Waals surface area contributed by atoms with Gasteiger partial charge in [0.15, 0.2) is 0 Å². The summed E-state index contributed by atoms with van der Waals surface area (Å²) in [5.74, 6) is -1.43. The van der Waals surface area contributed by atoms with Gasteiger partial charge in [-0.3, -0.25) is 0 Å². The molecule has 0 aliphatic rings. The Balaban J connectivity index is 3.68. The highest BCUT2D eigenvalue weighted by Gasteiger charge is 2.08. The van der Waals surface area contributed by atoms with Crippen molar-refractivity contribution in [2.45, 2.75) is 45.4 Å². The van der Waals surface area contributed by atoms with E-state index in [0.29, 0.717) is 19.3 Å². The predicted octanol–water partition coefficient (Wildman–Crippen LogP) is 1.24. The van der Waals surface area contributed by atoms with Crippen molar-refractivity contribution in [2.24, 2.45) is 5.92 Å². The van der Waals surface area contributed by atoms with E-state index >= 15 is 0 Å². The molecule has 1 atom stereocenters. The molecule has 0 aliphatic heterocycles. The van der Waals surface area contributed by atoms with Gasteiger partial charge in [-0.25, -0.2) is 0 Å². The summed E-state index contributed by atoms with van der Waals surface area (Å²) in [5, 5.41) is 18.9. The fourth-order valence-corrected chi connectivity index (χ4v) is 1.26. The minimum atomic E-state index is -1.01. The van der Waals surface area contributed by atoms with Crippen LogP contribution in [0.2, 0.25) is 0 Å². The lowest BCUT2D eigenvalue weighted by molar-refractivity contribution is -0.312. The van der Waals surface area contributed by atoms with E-state index in [1.54, 1.807) is 0 Å². The second-order valence-corrected chi connectivity index (χ2v) is 3.21. The maximum Gasteiger partial charge on any atom is 0.0621 e. The monoisotopic (exact) mass is 182 g/mol. The molecule has 0 aromatic rings. The Bertz CT molecular complexity index is 184. The predicted molar refractivity (Wildman–Crippen MR) is 47.5 cm³/mol. The van der Waals surface area contributed by atoms with Crippen LogP contribution in [0.4, 0.5) is 0 Å². The van der Waals surface area contributed by atoms with E-state index in [1.807, 2.05) is 6.07 Å². The van der Waals surface area contributed by atoms with Crippen LogP contribution in [0.1, 0.15) is 45.4 Å². The van der Waals surface area contributed by atoms with Crippen molar-refractivity contribution in [3.05, 3.63) is 0 Å². The molecule has 3 heteroatoms. The van der Waals surface area contributed by atoms with Crippen LogP contribution in [0.5, 0.6) is 0 Å². The van der Waals surface area contributed by atoms with Gasteiger partial charge in [-0.1, -0.05) is 26.2 Å². The van der Waals surface area contributed by atoms with Gasteiger partial charge in [0.05, 0.1) is 6.07 Å². The zero-order valence-electron chi connectivity index (χ0n) is 8.08. The molecule has 0 spiro atoms. The minimum Gasteiger partial charge on any atom is -0.550 e. The van der Waals surface area contributed by atoms with Gasteiger partial charge in [0.2, 0.25) is 0 Å². The van der Waals surface area contributed by atoms with Gasteiger partial charge in [-0.2, -0.15) is 5.26 Å². The SMILES string of the molecule is CCCCC[C@@H](CCC#N)C(=O)[O-]. The first-order valence-electron chi connectivity index (χ1n) is 4.80. The first kappa shape index (κ1) is 12.0. The summed E-state index contributed by atoms with van der Waals surface area (Å²) in [6.07, 6.45) is 4.44. The lowest BCUT2D eigenvalue weighted by atomic mass is 9.97. The lowest BCUT2D eigenvalue weighted by Gasteiger charge is -2.15. The van der Waals surface area contributed by atoms with Gasteiger partial charge >= 0.3 is 0 Å². The van der Waals surface area contributed by atoms with Crippen LogP contribution in [0.15, 0.2) is 0 Å². The molecule has 3 nitrogen and oxygen atoms in total. The third-order valence-electron chi connectivity index (χ3n) is 2.09. The number of nitriles is 1. The Morgan fingerprint density at radius 1 is 1.46 bits per heavy atom. The number of nitrogens with zero attached hydrogens (tertiary/aromatic N) is 1. The van der Waals surface area contributed by atoms with E-state index in [1.165, 1.54) is 0 Å². The summed E-state index contributed by atoms with van der Waals surface area (Å²) in [7, 11) is 0. The number of carbonyl (C=O) groups excluding carboxylic acids is 1. The Labute approximate surface area is 79.4 Å². The molecule has 0 rings (SSSR count). The Morgan fingerprint density at radius 2 is 2.15 bits per heavy atom. The van der Waals surface area contributed by atoms with Gasteiger partial charge in [-0.05, 0) is 18.8 Å². The number of rotatable bonds is 7. The second kappa shape index (κ2) is 7.60. The maximum absolute atomic E-state index is 10.6. The summed E-state index contributed by atoms with van der Waals surface area (Å²) in [6.45, 7) is 2.07. The molecule has 0 aromatic heterocycles. The molecule has 0 aliphatic carbocycles. The average molecular weight is 182 g/mol. The molecule has 0 saturated heterocycles. The van der Waals surface area contributed by atoms with Crippen LogP contribution in [-0.4, -0.2) is 5.97 Å². The summed E-state index contributed by atoms with van der Waals surface area (Å²) in [6, 6.07) is 1.95. The van der Waals surface area contributed by atoms with Gasteiger partial charge in [0, 0.05) is 12.4 Å². The molecule has 0 fully saturated rings. The van der Waals surface area contributed by atoms with E-state index in [0.717, 1.165) is 19.3 Å². The largest absolute Gasteiger partial charge is 0.550 e. The zero-order chi connectivity index (χ0) is 10.1. The molecule has 0 unspecified atom stereocenters. The molecule has 0 bridgehead atoms. The van der Waals surface area contributed by atoms with Gasteiger partial charge < -0.3 is 9.90 Å². The minimum absolute atomic E-state index is 0.310. The summed E-state index contributed by atoms with van der Waals surface area (Å²) in [4.78, 5) is 10.6. The zero-order valence-corrected chi connectivity index (χ0v) is 8.08. The molecule has 0 N–H and O–H groups in total. The number of carboxylic acid groups (broad SMARTS) is 1.